The van der Waals surface area contributed by atoms with Gasteiger partial charge in [0, 0.05) is 23.7 Å². The third kappa shape index (κ3) is 3.53. The van der Waals surface area contributed by atoms with E-state index in [1.165, 1.54) is 0 Å². The van der Waals surface area contributed by atoms with Crippen LogP contribution in [-0.4, -0.2) is 17.9 Å². The molecule has 2 unspecified atom stereocenters. The molecule has 0 bridgehead atoms. The number of ketones is 1. The smallest absolute Gasteiger partial charge is 0.336 e. The minimum Gasteiger partial charge on any atom is -0.460 e. The predicted octanol–water partition coefficient (Wildman–Crippen LogP) is 4.77. The van der Waals surface area contributed by atoms with E-state index in [9.17, 15) is 9.59 Å². The number of carbonyl (C=O) groups excluding carboxylic acids is 2. The Kier molecular flexibility index (Phi) is 5.44. The van der Waals surface area contributed by atoms with E-state index in [0.717, 1.165) is 11.3 Å². The summed E-state index contributed by atoms with van der Waals surface area (Å²) in [5.41, 5.74) is 2.79. The molecular formula is C20H21Cl2NO3. The number of allylic oxidation sites excluding steroid dienone is 3. The normalized spacial score (nSPS) is 22.7. The molecule has 0 saturated carbocycles. The van der Waals surface area contributed by atoms with Crippen LogP contribution in [0.2, 0.25) is 10.0 Å². The summed E-state index contributed by atoms with van der Waals surface area (Å²) in [5, 5.41) is 4.07. The van der Waals surface area contributed by atoms with Crippen molar-refractivity contribution in [2.45, 2.75) is 45.6 Å². The SMILES string of the molecule is CC1=C(C(=O)OC(C)C)C(c2ccc(Cl)c(Cl)c2)C2C(=O)CCC=C2N1. The van der Waals surface area contributed by atoms with Gasteiger partial charge in [0.05, 0.1) is 27.6 Å². The van der Waals surface area contributed by atoms with Crippen LogP contribution in [0.25, 0.3) is 0 Å². The first-order valence-corrected chi connectivity index (χ1v) is 9.41. The standard InChI is InChI=1S/C20H21Cl2NO3/c1-10(2)26-20(25)17-11(3)23-15-5-4-6-16(24)19(15)18(17)12-7-8-13(21)14(22)9-12/h5,7-10,18-19,23H,4,6H2,1-3H3. The molecule has 0 spiro atoms. The van der Waals surface area contributed by atoms with Crippen LogP contribution in [-0.2, 0) is 14.3 Å². The fourth-order valence-electron chi connectivity index (χ4n) is 3.63. The molecule has 1 aliphatic heterocycles. The first kappa shape index (κ1) is 19.0. The minimum absolute atomic E-state index is 0.105. The first-order chi connectivity index (χ1) is 12.3. The lowest BCUT2D eigenvalue weighted by Gasteiger charge is -2.38. The van der Waals surface area contributed by atoms with E-state index in [0.29, 0.717) is 34.2 Å². The van der Waals surface area contributed by atoms with Crippen LogP contribution in [0.1, 0.15) is 45.1 Å². The summed E-state index contributed by atoms with van der Waals surface area (Å²) in [5.74, 6) is -1.21. The molecule has 0 amide bonds. The van der Waals surface area contributed by atoms with Crippen molar-refractivity contribution in [2.75, 3.05) is 0 Å². The first-order valence-electron chi connectivity index (χ1n) is 8.66. The van der Waals surface area contributed by atoms with Crippen molar-refractivity contribution >= 4 is 35.0 Å². The highest BCUT2D eigenvalue weighted by Gasteiger charge is 2.43. The highest BCUT2D eigenvalue weighted by molar-refractivity contribution is 6.42. The number of fused-ring (bicyclic) bond motifs is 1. The van der Waals surface area contributed by atoms with Gasteiger partial charge >= 0.3 is 5.97 Å². The second kappa shape index (κ2) is 7.45. The van der Waals surface area contributed by atoms with Crippen LogP contribution < -0.4 is 5.32 Å². The molecule has 0 radical (unpaired) electrons. The largest absolute Gasteiger partial charge is 0.460 e. The average Bonchev–Trinajstić information content (AvgIpc) is 2.55. The number of esters is 1. The summed E-state index contributed by atoms with van der Waals surface area (Å²) < 4.78 is 5.45. The van der Waals surface area contributed by atoms with Crippen LogP contribution in [0.15, 0.2) is 41.2 Å². The van der Waals surface area contributed by atoms with Gasteiger partial charge in [-0.05, 0) is 44.9 Å². The number of carbonyl (C=O) groups is 2. The number of hydrogen-bond acceptors (Lipinski definition) is 4. The van der Waals surface area contributed by atoms with Gasteiger partial charge in [-0.1, -0.05) is 35.3 Å². The van der Waals surface area contributed by atoms with Crippen molar-refractivity contribution in [3.05, 3.63) is 56.9 Å². The molecule has 2 atom stereocenters. The zero-order chi connectivity index (χ0) is 19.0. The minimum atomic E-state index is -0.448. The molecule has 2 aliphatic rings. The van der Waals surface area contributed by atoms with Crippen molar-refractivity contribution in [3.8, 4) is 0 Å². The third-order valence-corrected chi connectivity index (χ3v) is 5.42. The Morgan fingerprint density at radius 1 is 1.23 bits per heavy atom. The van der Waals surface area contributed by atoms with Crippen LogP contribution in [0.3, 0.4) is 0 Å². The Hall–Kier alpha value is -1.78. The lowest BCUT2D eigenvalue weighted by atomic mass is 9.71. The fraction of sp³-hybridized carbons (Fsp3) is 0.400. The molecule has 0 aromatic heterocycles. The Morgan fingerprint density at radius 2 is 1.96 bits per heavy atom. The molecule has 1 heterocycles. The maximum Gasteiger partial charge on any atom is 0.336 e. The average molecular weight is 394 g/mol. The molecule has 138 valence electrons. The molecule has 0 fully saturated rings. The zero-order valence-corrected chi connectivity index (χ0v) is 16.4. The molecule has 26 heavy (non-hydrogen) atoms. The Bertz CT molecular complexity index is 826. The highest BCUT2D eigenvalue weighted by Crippen LogP contribution is 2.44. The number of Topliss-reactive ketones (excluding diaryl/α,β-unsaturated/α-hetero) is 1. The predicted molar refractivity (Wildman–Crippen MR) is 102 cm³/mol. The Balaban J connectivity index is 2.16. The van der Waals surface area contributed by atoms with Gasteiger partial charge in [-0.3, -0.25) is 4.79 Å². The van der Waals surface area contributed by atoms with Gasteiger partial charge in [-0.15, -0.1) is 0 Å². The molecule has 1 N–H and O–H groups in total. The number of benzene rings is 1. The number of hydrogen-bond donors (Lipinski definition) is 1. The molecular weight excluding hydrogens is 373 g/mol. The lowest BCUT2D eigenvalue weighted by Crippen LogP contribution is -2.41. The van der Waals surface area contributed by atoms with Gasteiger partial charge in [0.1, 0.15) is 5.78 Å². The van der Waals surface area contributed by atoms with Gasteiger partial charge in [0.15, 0.2) is 0 Å². The van der Waals surface area contributed by atoms with Gasteiger partial charge in [0.25, 0.3) is 0 Å². The van der Waals surface area contributed by atoms with Crippen molar-refractivity contribution in [1.29, 1.82) is 0 Å². The summed E-state index contributed by atoms with van der Waals surface area (Å²) in [6.07, 6.45) is 2.94. The lowest BCUT2D eigenvalue weighted by molar-refractivity contribution is -0.143. The fourth-order valence-corrected chi connectivity index (χ4v) is 3.93. The van der Waals surface area contributed by atoms with Crippen LogP contribution in [0, 0.1) is 5.92 Å². The zero-order valence-electron chi connectivity index (χ0n) is 14.9. The number of rotatable bonds is 3. The quantitative estimate of drug-likeness (QED) is 0.751. The Morgan fingerprint density at radius 3 is 2.62 bits per heavy atom. The highest BCUT2D eigenvalue weighted by atomic mass is 35.5. The molecule has 0 saturated heterocycles. The second-order valence-electron chi connectivity index (χ2n) is 6.91. The summed E-state index contributed by atoms with van der Waals surface area (Å²) in [6.45, 7) is 5.43. The summed E-state index contributed by atoms with van der Waals surface area (Å²) >= 11 is 12.3. The van der Waals surface area contributed by atoms with Crippen LogP contribution in [0.4, 0.5) is 0 Å². The van der Waals surface area contributed by atoms with Gasteiger partial charge in [-0.2, -0.15) is 0 Å². The number of halogens is 2. The third-order valence-electron chi connectivity index (χ3n) is 4.68. The van der Waals surface area contributed by atoms with Crippen molar-refractivity contribution in [2.24, 2.45) is 5.92 Å². The number of nitrogens with one attached hydrogen (secondary N) is 1. The van der Waals surface area contributed by atoms with E-state index in [1.54, 1.807) is 26.0 Å². The molecule has 1 aromatic rings. The second-order valence-corrected chi connectivity index (χ2v) is 7.73. The van der Waals surface area contributed by atoms with E-state index < -0.39 is 17.8 Å². The summed E-state index contributed by atoms with van der Waals surface area (Å²) in [6, 6.07) is 5.24. The molecule has 6 heteroatoms. The van der Waals surface area contributed by atoms with Crippen molar-refractivity contribution < 1.29 is 14.3 Å². The maximum atomic E-state index is 12.8. The molecule has 3 rings (SSSR count). The van der Waals surface area contributed by atoms with E-state index in [2.05, 4.69) is 5.32 Å². The summed E-state index contributed by atoms with van der Waals surface area (Å²) in [7, 11) is 0. The molecule has 4 nitrogen and oxygen atoms in total. The van der Waals surface area contributed by atoms with E-state index in [-0.39, 0.29) is 11.9 Å². The molecule has 1 aromatic carbocycles. The molecule has 1 aliphatic carbocycles. The van der Waals surface area contributed by atoms with E-state index >= 15 is 0 Å². The van der Waals surface area contributed by atoms with Crippen LogP contribution >= 0.6 is 23.2 Å². The number of ether oxygens (including phenoxy) is 1. The van der Waals surface area contributed by atoms with Gasteiger partial charge in [0.2, 0.25) is 0 Å². The van der Waals surface area contributed by atoms with Crippen molar-refractivity contribution in [3.63, 3.8) is 0 Å². The Labute approximate surface area is 163 Å². The topological polar surface area (TPSA) is 55.4 Å². The van der Waals surface area contributed by atoms with Crippen molar-refractivity contribution in [1.82, 2.24) is 5.32 Å². The maximum absolute atomic E-state index is 12.8. The van der Waals surface area contributed by atoms with Gasteiger partial charge in [-0.25, -0.2) is 4.79 Å². The summed E-state index contributed by atoms with van der Waals surface area (Å²) in [4.78, 5) is 25.6. The van der Waals surface area contributed by atoms with Gasteiger partial charge < -0.3 is 10.1 Å². The monoisotopic (exact) mass is 393 g/mol. The van der Waals surface area contributed by atoms with E-state index in [4.69, 9.17) is 27.9 Å². The van der Waals surface area contributed by atoms with E-state index in [1.807, 2.05) is 19.1 Å². The van der Waals surface area contributed by atoms with Crippen LogP contribution in [0.5, 0.6) is 0 Å².